The van der Waals surface area contributed by atoms with Crippen LogP contribution in [0, 0.1) is 0 Å². The third-order valence-corrected chi connectivity index (χ3v) is 3.24. The summed E-state index contributed by atoms with van der Waals surface area (Å²) in [5.74, 6) is -0.344. The predicted octanol–water partition coefficient (Wildman–Crippen LogP) is 3.04. The average Bonchev–Trinajstić information content (AvgIpc) is 2.83. The van der Waals surface area contributed by atoms with Gasteiger partial charge < -0.3 is 4.74 Å². The fourth-order valence-electron chi connectivity index (χ4n) is 2.29. The Labute approximate surface area is 112 Å². The van der Waals surface area contributed by atoms with Crippen molar-refractivity contribution in [2.24, 2.45) is 0 Å². The van der Waals surface area contributed by atoms with Gasteiger partial charge in [0.2, 0.25) is 5.91 Å². The second-order valence-corrected chi connectivity index (χ2v) is 4.30. The molecule has 0 fully saturated rings. The molecule has 4 heteroatoms. The van der Waals surface area contributed by atoms with E-state index in [1.165, 1.54) is 7.11 Å². The Morgan fingerprint density at radius 3 is 2.58 bits per heavy atom. The maximum absolute atomic E-state index is 12.1. The summed E-state index contributed by atoms with van der Waals surface area (Å²) in [6.07, 6.45) is 1.17. The third-order valence-electron chi connectivity index (χ3n) is 3.24. The molecule has 1 heterocycles. The van der Waals surface area contributed by atoms with E-state index in [-0.39, 0.29) is 11.9 Å². The number of fused-ring (bicyclic) bond motifs is 1. The largest absolute Gasteiger partial charge is 0.465 e. The van der Waals surface area contributed by atoms with Crippen molar-refractivity contribution in [1.82, 2.24) is 4.57 Å². The Kier molecular flexibility index (Phi) is 3.69. The molecule has 0 radical (unpaired) electrons. The zero-order valence-corrected chi connectivity index (χ0v) is 11.4. The summed E-state index contributed by atoms with van der Waals surface area (Å²) in [5.41, 5.74) is 2.18. The van der Waals surface area contributed by atoms with Crippen LogP contribution in [-0.2, 0) is 11.2 Å². The maximum Gasteiger partial charge on any atom is 0.338 e. The van der Waals surface area contributed by atoms with Crippen LogP contribution in [0.3, 0.4) is 0 Å². The van der Waals surface area contributed by atoms with Gasteiger partial charge in [-0.1, -0.05) is 19.9 Å². The van der Waals surface area contributed by atoms with Crippen molar-refractivity contribution in [3.63, 3.8) is 0 Å². The number of methoxy groups -OCH3 is 1. The molecule has 19 heavy (non-hydrogen) atoms. The van der Waals surface area contributed by atoms with Gasteiger partial charge in [-0.05, 0) is 24.6 Å². The highest BCUT2D eigenvalue weighted by molar-refractivity contribution is 6.06. The lowest BCUT2D eigenvalue weighted by Gasteiger charge is -2.06. The van der Waals surface area contributed by atoms with Gasteiger partial charge in [0, 0.05) is 17.5 Å². The molecule has 0 saturated carbocycles. The lowest BCUT2D eigenvalue weighted by molar-refractivity contribution is 0.0602. The summed E-state index contributed by atoms with van der Waals surface area (Å²) in [6, 6.07) is 7.24. The van der Waals surface area contributed by atoms with Crippen LogP contribution >= 0.6 is 0 Å². The lowest BCUT2D eigenvalue weighted by Crippen LogP contribution is -2.11. The van der Waals surface area contributed by atoms with Gasteiger partial charge in [0.05, 0.1) is 18.2 Å². The molecule has 2 aromatic rings. The molecule has 2 rings (SSSR count). The fourth-order valence-corrected chi connectivity index (χ4v) is 2.29. The number of carbonyl (C=O) groups is 2. The maximum atomic E-state index is 12.1. The first-order valence-corrected chi connectivity index (χ1v) is 6.38. The van der Waals surface area contributed by atoms with Crippen LogP contribution in [0.1, 0.15) is 41.1 Å². The van der Waals surface area contributed by atoms with E-state index >= 15 is 0 Å². The van der Waals surface area contributed by atoms with E-state index in [0.717, 1.165) is 23.0 Å². The van der Waals surface area contributed by atoms with Crippen LogP contribution in [-0.4, -0.2) is 23.6 Å². The first kappa shape index (κ1) is 13.3. The monoisotopic (exact) mass is 259 g/mol. The highest BCUT2D eigenvalue weighted by atomic mass is 16.5. The van der Waals surface area contributed by atoms with E-state index in [2.05, 4.69) is 0 Å². The van der Waals surface area contributed by atoms with E-state index in [4.69, 9.17) is 4.74 Å². The zero-order valence-electron chi connectivity index (χ0n) is 11.4. The van der Waals surface area contributed by atoms with Crippen LogP contribution in [0.2, 0.25) is 0 Å². The molecule has 0 aliphatic rings. The number of esters is 1. The number of aromatic nitrogens is 1. The normalized spacial score (nSPS) is 10.7. The van der Waals surface area contributed by atoms with Gasteiger partial charge in [-0.15, -0.1) is 0 Å². The molecule has 0 amide bonds. The molecule has 1 aromatic heterocycles. The minimum Gasteiger partial charge on any atom is -0.465 e. The number of hydrogen-bond acceptors (Lipinski definition) is 3. The molecule has 4 nitrogen and oxygen atoms in total. The molecule has 0 atom stereocenters. The van der Waals surface area contributed by atoms with Gasteiger partial charge in [0.15, 0.2) is 0 Å². The van der Waals surface area contributed by atoms with Crippen LogP contribution in [0.15, 0.2) is 24.3 Å². The fraction of sp³-hybridized carbons (Fsp3) is 0.333. The molecule has 0 saturated heterocycles. The van der Waals surface area contributed by atoms with Crippen molar-refractivity contribution >= 4 is 22.8 Å². The first-order chi connectivity index (χ1) is 9.13. The van der Waals surface area contributed by atoms with E-state index in [9.17, 15) is 9.59 Å². The van der Waals surface area contributed by atoms with E-state index < -0.39 is 0 Å². The second-order valence-electron chi connectivity index (χ2n) is 4.30. The predicted molar refractivity (Wildman–Crippen MR) is 73.6 cm³/mol. The molecule has 1 aromatic carbocycles. The van der Waals surface area contributed by atoms with E-state index in [1.807, 2.05) is 26.0 Å². The van der Waals surface area contributed by atoms with Gasteiger partial charge in [-0.3, -0.25) is 9.36 Å². The molecule has 0 aliphatic heterocycles. The number of nitrogens with zero attached hydrogens (tertiary/aromatic N) is 1. The number of hydrogen-bond donors (Lipinski definition) is 0. The standard InChI is InChI=1S/C15H17NO3/c1-4-10-9-12-11(15(18)19-3)7-6-8-13(12)16(10)14(17)5-2/h6-9H,4-5H2,1-3H3. The Morgan fingerprint density at radius 1 is 1.26 bits per heavy atom. The molecular weight excluding hydrogens is 242 g/mol. The van der Waals surface area contributed by atoms with Crippen LogP contribution in [0.25, 0.3) is 10.9 Å². The van der Waals surface area contributed by atoms with Crippen LogP contribution in [0.5, 0.6) is 0 Å². The molecule has 0 unspecified atom stereocenters. The lowest BCUT2D eigenvalue weighted by atomic mass is 10.1. The minimum atomic E-state index is -0.380. The van der Waals surface area contributed by atoms with Gasteiger partial charge in [0.1, 0.15) is 0 Å². The first-order valence-electron chi connectivity index (χ1n) is 6.38. The number of rotatable bonds is 3. The van der Waals surface area contributed by atoms with Crippen molar-refractivity contribution in [1.29, 1.82) is 0 Å². The SMILES string of the molecule is CCC(=O)n1c(CC)cc2c(C(=O)OC)cccc21. The average molecular weight is 259 g/mol. The van der Waals surface area contributed by atoms with Gasteiger partial charge in [0.25, 0.3) is 0 Å². The molecule has 0 aliphatic carbocycles. The summed E-state index contributed by atoms with van der Waals surface area (Å²) >= 11 is 0. The third kappa shape index (κ3) is 2.14. The Hall–Kier alpha value is -2.10. The highest BCUT2D eigenvalue weighted by Gasteiger charge is 2.17. The summed E-state index contributed by atoms with van der Waals surface area (Å²) in [6.45, 7) is 3.82. The van der Waals surface area contributed by atoms with Crippen molar-refractivity contribution in [3.05, 3.63) is 35.5 Å². The Morgan fingerprint density at radius 2 is 2.00 bits per heavy atom. The smallest absolute Gasteiger partial charge is 0.338 e. The zero-order chi connectivity index (χ0) is 14.0. The molecule has 100 valence electrons. The van der Waals surface area contributed by atoms with Gasteiger partial charge in [-0.25, -0.2) is 4.79 Å². The number of ether oxygens (including phenoxy) is 1. The topological polar surface area (TPSA) is 48.3 Å². The second kappa shape index (κ2) is 5.26. The Balaban J connectivity index is 2.76. The van der Waals surface area contributed by atoms with E-state index in [1.54, 1.807) is 16.7 Å². The molecule has 0 N–H and O–H groups in total. The molecule has 0 spiro atoms. The minimum absolute atomic E-state index is 0.0360. The summed E-state index contributed by atoms with van der Waals surface area (Å²) in [4.78, 5) is 23.8. The Bertz CT molecular complexity index is 640. The van der Waals surface area contributed by atoms with Crippen LogP contribution in [0.4, 0.5) is 0 Å². The quantitative estimate of drug-likeness (QED) is 0.796. The highest BCUT2D eigenvalue weighted by Crippen LogP contribution is 2.25. The van der Waals surface area contributed by atoms with Gasteiger partial charge in [-0.2, -0.15) is 0 Å². The number of aryl methyl sites for hydroxylation is 1. The number of carbonyl (C=O) groups excluding carboxylic acids is 2. The van der Waals surface area contributed by atoms with Crippen molar-refractivity contribution in [2.45, 2.75) is 26.7 Å². The van der Waals surface area contributed by atoms with E-state index in [0.29, 0.717) is 12.0 Å². The van der Waals surface area contributed by atoms with Crippen molar-refractivity contribution < 1.29 is 14.3 Å². The summed E-state index contributed by atoms with van der Waals surface area (Å²) in [5, 5.41) is 0.771. The summed E-state index contributed by atoms with van der Waals surface area (Å²) < 4.78 is 6.48. The van der Waals surface area contributed by atoms with Gasteiger partial charge >= 0.3 is 5.97 Å². The molecular formula is C15H17NO3. The molecule has 0 bridgehead atoms. The van der Waals surface area contributed by atoms with Crippen molar-refractivity contribution in [3.8, 4) is 0 Å². The number of benzene rings is 1. The van der Waals surface area contributed by atoms with Crippen molar-refractivity contribution in [2.75, 3.05) is 7.11 Å². The van der Waals surface area contributed by atoms with Crippen LogP contribution < -0.4 is 0 Å². The summed E-state index contributed by atoms with van der Waals surface area (Å²) in [7, 11) is 1.36.